The molecule has 0 radical (unpaired) electrons. The Morgan fingerprint density at radius 1 is 1.14 bits per heavy atom. The van der Waals surface area contributed by atoms with Gasteiger partial charge in [0.15, 0.2) is 0 Å². The number of nitrogens with zero attached hydrogens (tertiary/aromatic N) is 3. The molecule has 1 aromatic carbocycles. The number of carbonyl (C=O) groups is 1. The highest BCUT2D eigenvalue weighted by molar-refractivity contribution is 6.04. The van der Waals surface area contributed by atoms with Crippen LogP contribution in [0.1, 0.15) is 41.2 Å². The van der Waals surface area contributed by atoms with Gasteiger partial charge in [-0.15, -0.1) is 0 Å². The summed E-state index contributed by atoms with van der Waals surface area (Å²) < 4.78 is 5.37. The molecule has 7 nitrogen and oxygen atoms in total. The number of morpholine rings is 1. The van der Waals surface area contributed by atoms with Gasteiger partial charge in [-0.05, 0) is 37.0 Å². The maximum absolute atomic E-state index is 12.9. The summed E-state index contributed by atoms with van der Waals surface area (Å²) in [6, 6.07) is 7.87. The fourth-order valence-corrected chi connectivity index (χ4v) is 3.50. The number of amides is 1. The molecule has 3 rings (SSSR count). The van der Waals surface area contributed by atoms with Crippen LogP contribution in [-0.2, 0) is 17.6 Å². The summed E-state index contributed by atoms with van der Waals surface area (Å²) in [7, 11) is 0. The van der Waals surface area contributed by atoms with Gasteiger partial charge in [0.25, 0.3) is 5.91 Å². The molecule has 0 aliphatic carbocycles. The van der Waals surface area contributed by atoms with Gasteiger partial charge in [0.05, 0.1) is 13.2 Å². The van der Waals surface area contributed by atoms with Gasteiger partial charge in [-0.25, -0.2) is 9.97 Å². The van der Waals surface area contributed by atoms with E-state index in [-0.39, 0.29) is 5.91 Å². The second kappa shape index (κ2) is 10.3. The van der Waals surface area contributed by atoms with Crippen LogP contribution in [0.25, 0.3) is 0 Å². The minimum atomic E-state index is -0.206. The number of nitrogens with one attached hydrogen (secondary N) is 2. The van der Waals surface area contributed by atoms with Crippen LogP contribution in [0.15, 0.2) is 24.3 Å². The lowest BCUT2D eigenvalue weighted by atomic mass is 10.0. The van der Waals surface area contributed by atoms with E-state index in [4.69, 9.17) is 4.74 Å². The minimum Gasteiger partial charge on any atom is -0.379 e. The highest BCUT2D eigenvalue weighted by Crippen LogP contribution is 2.23. The molecule has 0 spiro atoms. The molecule has 2 heterocycles. The second-order valence-electron chi connectivity index (χ2n) is 7.21. The molecular weight excluding hydrogens is 366 g/mol. The SMILES string of the molecule is CCc1cccc(CC)c1NC(=O)c1cc(C)nc(NCCN2CCOCC2)n1. The van der Waals surface area contributed by atoms with E-state index in [0.29, 0.717) is 11.6 Å². The summed E-state index contributed by atoms with van der Waals surface area (Å²) in [5.74, 6) is 0.283. The van der Waals surface area contributed by atoms with E-state index in [1.165, 1.54) is 0 Å². The van der Waals surface area contributed by atoms with E-state index in [1.54, 1.807) is 6.07 Å². The van der Waals surface area contributed by atoms with Crippen molar-refractivity contribution in [2.75, 3.05) is 50.0 Å². The lowest BCUT2D eigenvalue weighted by Crippen LogP contribution is -2.39. The van der Waals surface area contributed by atoms with Crippen LogP contribution < -0.4 is 10.6 Å². The van der Waals surface area contributed by atoms with Crippen molar-refractivity contribution in [3.05, 3.63) is 46.8 Å². The maximum Gasteiger partial charge on any atom is 0.274 e. The molecule has 1 aliphatic rings. The minimum absolute atomic E-state index is 0.206. The van der Waals surface area contributed by atoms with Crippen molar-refractivity contribution in [3.63, 3.8) is 0 Å². The van der Waals surface area contributed by atoms with Gasteiger partial charge in [0.2, 0.25) is 5.95 Å². The predicted octanol–water partition coefficient (Wildman–Crippen LogP) is 2.91. The van der Waals surface area contributed by atoms with Crippen molar-refractivity contribution in [1.82, 2.24) is 14.9 Å². The highest BCUT2D eigenvalue weighted by atomic mass is 16.5. The normalized spacial score (nSPS) is 14.6. The lowest BCUT2D eigenvalue weighted by molar-refractivity contribution is 0.0398. The summed E-state index contributed by atoms with van der Waals surface area (Å²) in [4.78, 5) is 24.1. The number of ether oxygens (including phenoxy) is 1. The summed E-state index contributed by atoms with van der Waals surface area (Å²) in [5.41, 5.74) is 4.30. The summed E-state index contributed by atoms with van der Waals surface area (Å²) in [5, 5.41) is 6.33. The number of hydrogen-bond donors (Lipinski definition) is 2. The quantitative estimate of drug-likeness (QED) is 0.713. The largest absolute Gasteiger partial charge is 0.379 e. The van der Waals surface area contributed by atoms with Crippen LogP contribution in [0.3, 0.4) is 0 Å². The first-order valence-electron chi connectivity index (χ1n) is 10.4. The molecule has 0 bridgehead atoms. The first kappa shape index (κ1) is 21.2. The molecule has 0 saturated carbocycles. The van der Waals surface area contributed by atoms with Gasteiger partial charge < -0.3 is 15.4 Å². The number of hydrogen-bond acceptors (Lipinski definition) is 6. The van der Waals surface area contributed by atoms with Crippen molar-refractivity contribution in [1.29, 1.82) is 0 Å². The van der Waals surface area contributed by atoms with E-state index in [9.17, 15) is 4.79 Å². The van der Waals surface area contributed by atoms with Gasteiger partial charge in [-0.2, -0.15) is 0 Å². The van der Waals surface area contributed by atoms with E-state index in [1.807, 2.05) is 13.0 Å². The van der Waals surface area contributed by atoms with Crippen molar-refractivity contribution >= 4 is 17.5 Å². The molecule has 1 fully saturated rings. The Morgan fingerprint density at radius 2 is 1.83 bits per heavy atom. The number of rotatable bonds is 8. The van der Waals surface area contributed by atoms with Gasteiger partial charge in [-0.3, -0.25) is 9.69 Å². The zero-order valence-corrected chi connectivity index (χ0v) is 17.6. The van der Waals surface area contributed by atoms with Gasteiger partial charge in [-0.1, -0.05) is 32.0 Å². The first-order chi connectivity index (χ1) is 14.1. The fourth-order valence-electron chi connectivity index (χ4n) is 3.50. The number of aryl methyl sites for hydroxylation is 3. The molecule has 156 valence electrons. The van der Waals surface area contributed by atoms with Gasteiger partial charge in [0, 0.05) is 37.6 Å². The monoisotopic (exact) mass is 397 g/mol. The summed E-state index contributed by atoms with van der Waals surface area (Å²) >= 11 is 0. The van der Waals surface area contributed by atoms with Crippen molar-refractivity contribution in [2.45, 2.75) is 33.6 Å². The van der Waals surface area contributed by atoms with Crippen LogP contribution >= 0.6 is 0 Å². The third kappa shape index (κ3) is 5.74. The number of carbonyl (C=O) groups excluding carboxylic acids is 1. The second-order valence-corrected chi connectivity index (χ2v) is 7.21. The third-order valence-electron chi connectivity index (χ3n) is 5.14. The molecule has 2 aromatic rings. The standard InChI is InChI=1S/C22H31N5O2/c1-4-17-7-6-8-18(5-2)20(17)26-21(28)19-15-16(3)24-22(25-19)23-9-10-27-11-13-29-14-12-27/h6-8,15H,4-5,9-14H2,1-3H3,(H,26,28)(H,23,24,25). The van der Waals surface area contributed by atoms with Crippen molar-refractivity contribution < 1.29 is 9.53 Å². The molecule has 0 unspecified atom stereocenters. The molecule has 7 heteroatoms. The van der Waals surface area contributed by atoms with E-state index in [0.717, 1.165) is 74.7 Å². The van der Waals surface area contributed by atoms with E-state index in [2.05, 4.69) is 51.5 Å². The fraction of sp³-hybridized carbons (Fsp3) is 0.500. The molecule has 0 atom stereocenters. The van der Waals surface area contributed by atoms with Crippen LogP contribution in [0.4, 0.5) is 11.6 Å². The van der Waals surface area contributed by atoms with E-state index >= 15 is 0 Å². The van der Waals surface area contributed by atoms with Crippen LogP contribution in [0, 0.1) is 6.92 Å². The maximum atomic E-state index is 12.9. The predicted molar refractivity (Wildman–Crippen MR) is 116 cm³/mol. The molecule has 1 aromatic heterocycles. The van der Waals surface area contributed by atoms with Crippen LogP contribution in [0.5, 0.6) is 0 Å². The molecular formula is C22H31N5O2. The van der Waals surface area contributed by atoms with Crippen LogP contribution in [-0.4, -0.2) is 60.2 Å². The first-order valence-corrected chi connectivity index (χ1v) is 10.4. The average molecular weight is 398 g/mol. The van der Waals surface area contributed by atoms with Crippen LogP contribution in [0.2, 0.25) is 0 Å². The van der Waals surface area contributed by atoms with Gasteiger partial charge in [0.1, 0.15) is 5.69 Å². The zero-order valence-electron chi connectivity index (χ0n) is 17.6. The zero-order chi connectivity index (χ0) is 20.6. The number of anilines is 2. The molecule has 2 N–H and O–H groups in total. The topological polar surface area (TPSA) is 79.4 Å². The molecule has 1 amide bonds. The smallest absolute Gasteiger partial charge is 0.274 e. The third-order valence-corrected chi connectivity index (χ3v) is 5.14. The number of benzene rings is 1. The van der Waals surface area contributed by atoms with E-state index < -0.39 is 0 Å². The van der Waals surface area contributed by atoms with Gasteiger partial charge >= 0.3 is 0 Å². The Balaban J connectivity index is 1.68. The number of aromatic nitrogens is 2. The summed E-state index contributed by atoms with van der Waals surface area (Å²) in [6.45, 7) is 11.1. The Bertz CT molecular complexity index is 812. The molecule has 29 heavy (non-hydrogen) atoms. The van der Waals surface area contributed by atoms with Crippen molar-refractivity contribution in [3.8, 4) is 0 Å². The summed E-state index contributed by atoms with van der Waals surface area (Å²) in [6.07, 6.45) is 1.72. The van der Waals surface area contributed by atoms with Crippen molar-refractivity contribution in [2.24, 2.45) is 0 Å². The molecule has 1 saturated heterocycles. The number of para-hydroxylation sites is 1. The average Bonchev–Trinajstić information content (AvgIpc) is 2.74. The Kier molecular flexibility index (Phi) is 7.55. The Labute approximate surface area is 172 Å². The lowest BCUT2D eigenvalue weighted by Gasteiger charge is -2.26. The Hall–Kier alpha value is -2.51. The molecule has 1 aliphatic heterocycles. The Morgan fingerprint density at radius 3 is 2.48 bits per heavy atom. The highest BCUT2D eigenvalue weighted by Gasteiger charge is 2.15.